The lowest BCUT2D eigenvalue weighted by molar-refractivity contribution is 1.01. The first-order valence-corrected chi connectivity index (χ1v) is 3.40. The normalized spacial score (nSPS) is 9.73. The molecule has 0 bridgehead atoms. The first-order valence-electron chi connectivity index (χ1n) is 3.40. The molecule has 0 saturated heterocycles. The van der Waals surface area contributed by atoms with Crippen molar-refractivity contribution in [3.05, 3.63) is 21.7 Å². The molecule has 4 nitrogen and oxygen atoms in total. The summed E-state index contributed by atoms with van der Waals surface area (Å²) in [5.41, 5.74) is 1.48. The summed E-state index contributed by atoms with van der Waals surface area (Å²) in [6, 6.07) is 0. The molecule has 60 valence electrons. The van der Waals surface area contributed by atoms with Crippen molar-refractivity contribution >= 4 is 5.82 Å². The molecule has 0 aliphatic rings. The van der Waals surface area contributed by atoms with E-state index in [1.165, 1.54) is 0 Å². The van der Waals surface area contributed by atoms with Crippen LogP contribution in [0.4, 0.5) is 5.82 Å². The zero-order valence-corrected chi connectivity index (χ0v) is 6.86. The van der Waals surface area contributed by atoms with E-state index in [0.717, 1.165) is 11.4 Å². The predicted molar refractivity (Wildman–Crippen MR) is 43.9 cm³/mol. The van der Waals surface area contributed by atoms with Gasteiger partial charge in [-0.2, -0.15) is 0 Å². The first-order chi connectivity index (χ1) is 5.15. The fraction of sp³-hybridized carbons (Fsp3) is 0.429. The molecule has 1 aromatic rings. The Morgan fingerprint density at radius 3 is 2.64 bits per heavy atom. The fourth-order valence-electron chi connectivity index (χ4n) is 0.792. The monoisotopic (exact) mass is 153 g/mol. The number of aromatic amines is 1. The van der Waals surface area contributed by atoms with Crippen molar-refractivity contribution in [1.29, 1.82) is 0 Å². The van der Waals surface area contributed by atoms with Gasteiger partial charge in [0.15, 0.2) is 5.82 Å². The third kappa shape index (κ3) is 1.39. The number of H-pyrrole nitrogens is 1. The van der Waals surface area contributed by atoms with Gasteiger partial charge in [0, 0.05) is 12.7 Å². The van der Waals surface area contributed by atoms with E-state index in [2.05, 4.69) is 15.3 Å². The van der Waals surface area contributed by atoms with E-state index in [-0.39, 0.29) is 5.56 Å². The maximum absolute atomic E-state index is 11.0. The molecule has 1 rings (SSSR count). The number of anilines is 1. The summed E-state index contributed by atoms with van der Waals surface area (Å²) in [6.45, 7) is 3.68. The van der Waals surface area contributed by atoms with Gasteiger partial charge in [-0.15, -0.1) is 0 Å². The van der Waals surface area contributed by atoms with Gasteiger partial charge in [-0.05, 0) is 13.8 Å². The van der Waals surface area contributed by atoms with E-state index in [9.17, 15) is 4.79 Å². The van der Waals surface area contributed by atoms with Crippen molar-refractivity contribution in [3.8, 4) is 0 Å². The molecule has 0 atom stereocenters. The largest absolute Gasteiger partial charge is 0.369 e. The Bertz CT molecular complexity index is 316. The van der Waals surface area contributed by atoms with E-state index in [1.807, 2.05) is 13.8 Å². The lowest BCUT2D eigenvalue weighted by Gasteiger charge is -2.01. The van der Waals surface area contributed by atoms with E-state index in [4.69, 9.17) is 0 Å². The van der Waals surface area contributed by atoms with Gasteiger partial charge in [0.25, 0.3) is 5.56 Å². The number of nitrogens with one attached hydrogen (secondary N) is 2. The molecule has 0 unspecified atom stereocenters. The third-order valence-electron chi connectivity index (χ3n) is 1.58. The number of aromatic nitrogens is 2. The van der Waals surface area contributed by atoms with Crippen LogP contribution >= 0.6 is 0 Å². The Kier molecular flexibility index (Phi) is 1.94. The number of nitrogens with zero attached hydrogens (tertiary/aromatic N) is 1. The highest BCUT2D eigenvalue weighted by molar-refractivity contribution is 5.32. The first kappa shape index (κ1) is 7.78. The summed E-state index contributed by atoms with van der Waals surface area (Å²) in [7, 11) is 1.67. The summed E-state index contributed by atoms with van der Waals surface area (Å²) >= 11 is 0. The molecular formula is C7H11N3O. The zero-order valence-electron chi connectivity index (χ0n) is 6.86. The van der Waals surface area contributed by atoms with Crippen LogP contribution in [0.3, 0.4) is 0 Å². The second kappa shape index (κ2) is 2.74. The number of aryl methyl sites for hydroxylation is 2. The van der Waals surface area contributed by atoms with Crippen molar-refractivity contribution in [1.82, 2.24) is 9.97 Å². The van der Waals surface area contributed by atoms with Crippen molar-refractivity contribution in [2.24, 2.45) is 0 Å². The molecule has 0 aromatic carbocycles. The summed E-state index contributed by atoms with van der Waals surface area (Å²) < 4.78 is 0. The van der Waals surface area contributed by atoms with Crippen molar-refractivity contribution in [2.75, 3.05) is 12.4 Å². The number of hydrogen-bond donors (Lipinski definition) is 2. The lowest BCUT2D eigenvalue weighted by Crippen LogP contribution is -2.16. The quantitative estimate of drug-likeness (QED) is 0.615. The Morgan fingerprint density at radius 1 is 1.45 bits per heavy atom. The highest BCUT2D eigenvalue weighted by Crippen LogP contribution is 1.98. The molecule has 0 aliphatic heterocycles. The molecule has 0 spiro atoms. The second-order valence-corrected chi connectivity index (χ2v) is 2.37. The second-order valence-electron chi connectivity index (χ2n) is 2.37. The van der Waals surface area contributed by atoms with E-state index < -0.39 is 0 Å². The molecule has 0 saturated carbocycles. The zero-order chi connectivity index (χ0) is 8.43. The Hall–Kier alpha value is -1.32. The average Bonchev–Trinajstić information content (AvgIpc) is 1.97. The molecule has 0 aliphatic carbocycles. The number of hydrogen-bond acceptors (Lipinski definition) is 3. The van der Waals surface area contributed by atoms with Gasteiger partial charge in [0.1, 0.15) is 0 Å². The SMILES string of the molecule is CNc1nc(C)c(C)[nH]c1=O. The fourth-order valence-corrected chi connectivity index (χ4v) is 0.792. The van der Waals surface area contributed by atoms with Crippen LogP contribution in [0.5, 0.6) is 0 Å². The summed E-state index contributed by atoms with van der Waals surface area (Å²) in [5.74, 6) is 0.369. The molecule has 0 fully saturated rings. The van der Waals surface area contributed by atoms with Crippen LogP contribution in [0.15, 0.2) is 4.79 Å². The molecular weight excluding hydrogens is 142 g/mol. The van der Waals surface area contributed by atoms with Crippen molar-refractivity contribution in [3.63, 3.8) is 0 Å². The predicted octanol–water partition coefficient (Wildman–Crippen LogP) is 0.428. The molecule has 4 heteroatoms. The molecule has 0 amide bonds. The van der Waals surface area contributed by atoms with E-state index >= 15 is 0 Å². The topological polar surface area (TPSA) is 57.8 Å². The third-order valence-corrected chi connectivity index (χ3v) is 1.58. The van der Waals surface area contributed by atoms with Crippen LogP contribution in [0.2, 0.25) is 0 Å². The molecule has 2 N–H and O–H groups in total. The van der Waals surface area contributed by atoms with Crippen LogP contribution in [0.25, 0.3) is 0 Å². The van der Waals surface area contributed by atoms with Crippen LogP contribution in [0, 0.1) is 13.8 Å². The van der Waals surface area contributed by atoms with Crippen molar-refractivity contribution < 1.29 is 0 Å². The molecule has 1 heterocycles. The Labute approximate surface area is 64.7 Å². The maximum atomic E-state index is 11.0. The Balaban J connectivity index is 3.32. The van der Waals surface area contributed by atoms with Gasteiger partial charge in [-0.3, -0.25) is 4.79 Å². The summed E-state index contributed by atoms with van der Waals surface area (Å²) in [5, 5.41) is 2.71. The van der Waals surface area contributed by atoms with E-state index in [1.54, 1.807) is 7.05 Å². The minimum atomic E-state index is -0.171. The summed E-state index contributed by atoms with van der Waals surface area (Å²) in [6.07, 6.45) is 0. The minimum absolute atomic E-state index is 0.171. The molecule has 11 heavy (non-hydrogen) atoms. The number of rotatable bonds is 1. The van der Waals surface area contributed by atoms with Gasteiger partial charge >= 0.3 is 0 Å². The van der Waals surface area contributed by atoms with Gasteiger partial charge in [-0.1, -0.05) is 0 Å². The Morgan fingerprint density at radius 2 is 2.09 bits per heavy atom. The molecule has 0 radical (unpaired) electrons. The minimum Gasteiger partial charge on any atom is -0.369 e. The van der Waals surface area contributed by atoms with Crippen LogP contribution < -0.4 is 10.9 Å². The van der Waals surface area contributed by atoms with Gasteiger partial charge in [-0.25, -0.2) is 4.98 Å². The van der Waals surface area contributed by atoms with Gasteiger partial charge in [0.2, 0.25) is 0 Å². The van der Waals surface area contributed by atoms with Crippen LogP contribution in [-0.4, -0.2) is 17.0 Å². The summed E-state index contributed by atoms with van der Waals surface area (Å²) in [4.78, 5) is 17.8. The highest BCUT2D eigenvalue weighted by atomic mass is 16.1. The van der Waals surface area contributed by atoms with Crippen LogP contribution in [0.1, 0.15) is 11.4 Å². The van der Waals surface area contributed by atoms with Gasteiger partial charge < -0.3 is 10.3 Å². The standard InChI is InChI=1S/C7H11N3O/c1-4-5(2)10-7(11)6(8-3)9-4/h1-3H3,(H,8,9)(H,10,11). The van der Waals surface area contributed by atoms with E-state index in [0.29, 0.717) is 5.82 Å². The molecule has 1 aromatic heterocycles. The average molecular weight is 153 g/mol. The van der Waals surface area contributed by atoms with Crippen molar-refractivity contribution in [2.45, 2.75) is 13.8 Å². The lowest BCUT2D eigenvalue weighted by atomic mass is 10.3. The van der Waals surface area contributed by atoms with Gasteiger partial charge in [0.05, 0.1) is 5.69 Å². The van der Waals surface area contributed by atoms with Crippen LogP contribution in [-0.2, 0) is 0 Å². The highest BCUT2D eigenvalue weighted by Gasteiger charge is 2.00. The maximum Gasteiger partial charge on any atom is 0.290 e. The smallest absolute Gasteiger partial charge is 0.290 e.